The van der Waals surface area contributed by atoms with Crippen LogP contribution >= 0.6 is 0 Å². The van der Waals surface area contributed by atoms with Crippen molar-refractivity contribution in [2.45, 2.75) is 12.8 Å². The molecular weight excluding hydrogens is 338 g/mol. The van der Waals surface area contributed by atoms with Crippen LogP contribution in [0.4, 0.5) is 0 Å². The Morgan fingerprint density at radius 1 is 0.607 bits per heavy atom. The number of benzene rings is 3. The number of hydrogen-bond acceptors (Lipinski definition) is 1. The summed E-state index contributed by atoms with van der Waals surface area (Å²) >= 11 is 0. The van der Waals surface area contributed by atoms with E-state index in [2.05, 4.69) is 89.9 Å². The average molecular weight is 359 g/mol. The molecule has 0 saturated heterocycles. The molecule has 4 aromatic rings. The maximum absolute atomic E-state index is 4.32. The van der Waals surface area contributed by atoms with Crippen molar-refractivity contribution in [2.24, 2.45) is 0 Å². The lowest BCUT2D eigenvalue weighted by Crippen LogP contribution is -1.93. The van der Waals surface area contributed by atoms with E-state index in [-0.39, 0.29) is 0 Å². The van der Waals surface area contributed by atoms with Crippen LogP contribution in [-0.4, -0.2) is 4.98 Å². The summed E-state index contributed by atoms with van der Waals surface area (Å²) in [5.74, 6) is 0. The Labute approximate surface area is 166 Å². The van der Waals surface area contributed by atoms with E-state index in [9.17, 15) is 0 Å². The van der Waals surface area contributed by atoms with E-state index in [1.807, 2.05) is 18.5 Å². The van der Waals surface area contributed by atoms with Gasteiger partial charge in [-0.15, -0.1) is 0 Å². The molecule has 28 heavy (non-hydrogen) atoms. The van der Waals surface area contributed by atoms with Crippen LogP contribution in [0.2, 0.25) is 0 Å². The summed E-state index contributed by atoms with van der Waals surface area (Å²) in [4.78, 5) is 4.32. The van der Waals surface area contributed by atoms with E-state index in [4.69, 9.17) is 0 Å². The van der Waals surface area contributed by atoms with Crippen molar-refractivity contribution in [3.63, 3.8) is 0 Å². The quantitative estimate of drug-likeness (QED) is 0.401. The monoisotopic (exact) mass is 359 g/mol. The molecule has 3 aromatic carbocycles. The highest BCUT2D eigenvalue weighted by atomic mass is 14.6. The van der Waals surface area contributed by atoms with Gasteiger partial charge in [-0.2, -0.15) is 0 Å². The molecule has 1 heterocycles. The number of rotatable bonds is 2. The molecule has 0 fully saturated rings. The first kappa shape index (κ1) is 16.7. The number of aromatic nitrogens is 1. The first-order valence-electron chi connectivity index (χ1n) is 9.78. The lowest BCUT2D eigenvalue weighted by Gasteiger charge is -2.14. The Bertz CT molecular complexity index is 1110. The van der Waals surface area contributed by atoms with Crippen LogP contribution in [0.3, 0.4) is 0 Å². The SMILES string of the molecule is C(=C1c2ccccc2CCc2ccccc21)c1ccccc1-c1cccnc1. The molecule has 0 saturated carbocycles. The van der Waals surface area contributed by atoms with Gasteiger partial charge >= 0.3 is 0 Å². The summed E-state index contributed by atoms with van der Waals surface area (Å²) < 4.78 is 0. The smallest absolute Gasteiger partial charge is 0.0346 e. The van der Waals surface area contributed by atoms with E-state index >= 15 is 0 Å². The molecule has 0 radical (unpaired) electrons. The van der Waals surface area contributed by atoms with Crippen LogP contribution in [-0.2, 0) is 12.8 Å². The number of hydrogen-bond donors (Lipinski definition) is 0. The molecule has 5 rings (SSSR count). The molecule has 0 aliphatic heterocycles. The van der Waals surface area contributed by atoms with Crippen LogP contribution in [0.1, 0.15) is 27.8 Å². The lowest BCUT2D eigenvalue weighted by molar-refractivity contribution is 0.965. The van der Waals surface area contributed by atoms with Crippen LogP contribution < -0.4 is 0 Å². The largest absolute Gasteiger partial charge is 0.264 e. The lowest BCUT2D eigenvalue weighted by atomic mass is 9.90. The van der Waals surface area contributed by atoms with Gasteiger partial charge in [-0.3, -0.25) is 4.98 Å². The summed E-state index contributed by atoms with van der Waals surface area (Å²) in [6.07, 6.45) is 8.27. The summed E-state index contributed by atoms with van der Waals surface area (Å²) in [6, 6.07) is 30.3. The van der Waals surface area contributed by atoms with Crippen molar-refractivity contribution in [3.8, 4) is 11.1 Å². The zero-order chi connectivity index (χ0) is 18.8. The summed E-state index contributed by atoms with van der Waals surface area (Å²) in [6.45, 7) is 0. The minimum Gasteiger partial charge on any atom is -0.264 e. The van der Waals surface area contributed by atoms with Crippen LogP contribution in [0, 0.1) is 0 Å². The van der Waals surface area contributed by atoms with Crippen LogP contribution in [0.25, 0.3) is 22.8 Å². The van der Waals surface area contributed by atoms with Gasteiger partial charge in [0.05, 0.1) is 0 Å². The first-order valence-corrected chi connectivity index (χ1v) is 9.78. The van der Waals surface area contributed by atoms with Gasteiger partial charge < -0.3 is 0 Å². The highest BCUT2D eigenvalue weighted by molar-refractivity contribution is 5.96. The molecule has 1 nitrogen and oxygen atoms in total. The van der Waals surface area contributed by atoms with Gasteiger partial charge in [0.2, 0.25) is 0 Å². The standard InChI is InChI=1S/C27H21N/c1-5-13-25-20(8-1)15-16-21-9-2-6-14-26(21)27(25)18-22-10-3-4-12-24(22)23-11-7-17-28-19-23/h1-14,17-19H,15-16H2. The number of pyridine rings is 1. The zero-order valence-electron chi connectivity index (χ0n) is 15.7. The first-order chi connectivity index (χ1) is 13.9. The van der Waals surface area contributed by atoms with Crippen molar-refractivity contribution in [1.29, 1.82) is 0 Å². The number of fused-ring (bicyclic) bond motifs is 2. The topological polar surface area (TPSA) is 12.9 Å². The van der Waals surface area contributed by atoms with Gasteiger partial charge in [0.15, 0.2) is 0 Å². The van der Waals surface area contributed by atoms with Crippen molar-refractivity contribution < 1.29 is 0 Å². The summed E-state index contributed by atoms with van der Waals surface area (Å²) in [5.41, 5.74) is 10.4. The molecule has 1 aliphatic carbocycles. The molecule has 1 aromatic heterocycles. The van der Waals surface area contributed by atoms with Crippen molar-refractivity contribution >= 4 is 11.6 Å². The Balaban J connectivity index is 1.76. The van der Waals surface area contributed by atoms with E-state index in [1.165, 1.54) is 39.0 Å². The van der Waals surface area contributed by atoms with Crippen molar-refractivity contribution in [3.05, 3.63) is 125 Å². The molecular formula is C27H21N. The maximum atomic E-state index is 4.32. The van der Waals surface area contributed by atoms with E-state index in [1.54, 1.807) is 0 Å². The average Bonchev–Trinajstić information content (AvgIpc) is 2.92. The minimum absolute atomic E-state index is 1.08. The third kappa shape index (κ3) is 3.05. The third-order valence-corrected chi connectivity index (χ3v) is 5.51. The van der Waals surface area contributed by atoms with Gasteiger partial charge in [0.25, 0.3) is 0 Å². The number of aryl methyl sites for hydroxylation is 2. The fourth-order valence-corrected chi connectivity index (χ4v) is 4.14. The molecule has 134 valence electrons. The molecule has 0 spiro atoms. The fourth-order valence-electron chi connectivity index (χ4n) is 4.14. The van der Waals surface area contributed by atoms with Gasteiger partial charge in [0, 0.05) is 18.0 Å². The Kier molecular flexibility index (Phi) is 4.34. The van der Waals surface area contributed by atoms with E-state index in [0.29, 0.717) is 0 Å². The summed E-state index contributed by atoms with van der Waals surface area (Å²) in [7, 11) is 0. The van der Waals surface area contributed by atoms with Crippen molar-refractivity contribution in [2.75, 3.05) is 0 Å². The predicted molar refractivity (Wildman–Crippen MR) is 117 cm³/mol. The predicted octanol–water partition coefficient (Wildman–Crippen LogP) is 6.44. The number of nitrogens with zero attached hydrogens (tertiary/aromatic N) is 1. The summed E-state index contributed by atoms with van der Waals surface area (Å²) in [5, 5.41) is 0. The molecule has 0 N–H and O–H groups in total. The van der Waals surface area contributed by atoms with E-state index < -0.39 is 0 Å². The Morgan fingerprint density at radius 2 is 1.21 bits per heavy atom. The van der Waals surface area contributed by atoms with Crippen LogP contribution in [0.5, 0.6) is 0 Å². The van der Waals surface area contributed by atoms with Crippen molar-refractivity contribution in [1.82, 2.24) is 4.98 Å². The van der Waals surface area contributed by atoms with Crippen LogP contribution in [0.15, 0.2) is 97.3 Å². The fraction of sp³-hybridized carbons (Fsp3) is 0.0741. The molecule has 0 atom stereocenters. The highest BCUT2D eigenvalue weighted by Gasteiger charge is 2.18. The molecule has 0 unspecified atom stereocenters. The van der Waals surface area contributed by atoms with Gasteiger partial charge in [-0.05, 0) is 63.9 Å². The third-order valence-electron chi connectivity index (χ3n) is 5.51. The normalized spacial score (nSPS) is 12.6. The van der Waals surface area contributed by atoms with Gasteiger partial charge in [-0.25, -0.2) is 0 Å². The zero-order valence-corrected chi connectivity index (χ0v) is 15.7. The Morgan fingerprint density at radius 3 is 1.86 bits per heavy atom. The molecule has 1 heteroatoms. The molecule has 0 amide bonds. The highest BCUT2D eigenvalue weighted by Crippen LogP contribution is 2.36. The second kappa shape index (κ2) is 7.28. The Hall–Kier alpha value is -3.45. The second-order valence-electron chi connectivity index (χ2n) is 7.20. The van der Waals surface area contributed by atoms with Gasteiger partial charge in [-0.1, -0.05) is 78.9 Å². The second-order valence-corrected chi connectivity index (χ2v) is 7.20. The molecule has 0 bridgehead atoms. The molecule has 1 aliphatic rings. The van der Waals surface area contributed by atoms with Gasteiger partial charge in [0.1, 0.15) is 0 Å². The minimum atomic E-state index is 1.08. The maximum Gasteiger partial charge on any atom is 0.0346 e. The van der Waals surface area contributed by atoms with E-state index in [0.717, 1.165) is 18.4 Å².